The Kier molecular flexibility index (Phi) is 4.50. The Morgan fingerprint density at radius 1 is 1.24 bits per heavy atom. The van der Waals surface area contributed by atoms with E-state index in [0.29, 0.717) is 19.4 Å². The van der Waals surface area contributed by atoms with Crippen LogP contribution in [0.1, 0.15) is 58.3 Å². The molecule has 2 aromatic heterocycles. The van der Waals surface area contributed by atoms with Crippen LogP contribution in [0.15, 0.2) is 22.3 Å². The molecule has 6 heterocycles. The van der Waals surface area contributed by atoms with Gasteiger partial charge in [0, 0.05) is 18.0 Å². The summed E-state index contributed by atoms with van der Waals surface area (Å²) in [4.78, 5) is 42.5. The molecule has 222 valence electrons. The van der Waals surface area contributed by atoms with Crippen LogP contribution in [0.25, 0.3) is 5.65 Å². The highest BCUT2D eigenvalue weighted by Crippen LogP contribution is 2.83. The molecule has 1 N–H and O–H groups in total. The average Bonchev–Trinajstić information content (AvgIpc) is 3.88. The van der Waals surface area contributed by atoms with Gasteiger partial charge in [-0.25, -0.2) is 19.0 Å². The van der Waals surface area contributed by atoms with E-state index in [1.54, 1.807) is 0 Å². The van der Waals surface area contributed by atoms with E-state index >= 15 is 0 Å². The van der Waals surface area contributed by atoms with E-state index < -0.39 is 47.1 Å². The van der Waals surface area contributed by atoms with Gasteiger partial charge in [0.2, 0.25) is 0 Å². The fraction of sp³-hybridized carbons (Fsp3) is 0.714. The maximum Gasteiger partial charge on any atom is 0.352 e. The van der Waals surface area contributed by atoms with Crippen molar-refractivity contribution in [2.45, 2.75) is 93.8 Å². The van der Waals surface area contributed by atoms with Gasteiger partial charge >= 0.3 is 17.6 Å². The number of ether oxygens (including phenoxy) is 5. The summed E-state index contributed by atoms with van der Waals surface area (Å²) in [5, 5.41) is 18.7. The third-order valence-electron chi connectivity index (χ3n) is 11.5. The zero-order valence-electron chi connectivity index (χ0n) is 23.6. The first kappa shape index (κ1) is 25.3. The Hall–Kier alpha value is -3.20. The highest BCUT2D eigenvalue weighted by molar-refractivity contribution is 5.92. The zero-order valence-corrected chi connectivity index (χ0v) is 23.6. The minimum atomic E-state index is -1.37. The fourth-order valence-electron chi connectivity index (χ4n) is 9.41. The van der Waals surface area contributed by atoms with Crippen molar-refractivity contribution in [3.63, 3.8) is 0 Å². The van der Waals surface area contributed by atoms with Gasteiger partial charge in [-0.05, 0) is 36.7 Å². The van der Waals surface area contributed by atoms with E-state index in [9.17, 15) is 19.5 Å². The minimum absolute atomic E-state index is 0.00210. The number of esters is 2. The Labute approximate surface area is 238 Å². The molecule has 0 radical (unpaired) electrons. The van der Waals surface area contributed by atoms with Crippen LogP contribution in [0.2, 0.25) is 0 Å². The van der Waals surface area contributed by atoms with Gasteiger partial charge in [-0.2, -0.15) is 4.68 Å². The summed E-state index contributed by atoms with van der Waals surface area (Å²) in [6.45, 7) is 6.61. The molecule has 2 aromatic rings. The van der Waals surface area contributed by atoms with E-state index in [1.165, 1.54) is 13.4 Å². The van der Waals surface area contributed by atoms with Crippen molar-refractivity contribution in [3.8, 4) is 0 Å². The molecular formula is C28H31N5O9. The van der Waals surface area contributed by atoms with Gasteiger partial charge in [-0.1, -0.05) is 26.0 Å². The molecule has 4 aliphatic heterocycles. The number of cyclic esters (lactones) is 1. The van der Waals surface area contributed by atoms with Crippen LogP contribution in [0.3, 0.4) is 0 Å². The van der Waals surface area contributed by atoms with Crippen molar-refractivity contribution in [1.82, 2.24) is 24.4 Å². The largest absolute Gasteiger partial charge is 0.458 e. The second-order valence-corrected chi connectivity index (χ2v) is 13.4. The Balaban J connectivity index is 1.05. The minimum Gasteiger partial charge on any atom is -0.458 e. The quantitative estimate of drug-likeness (QED) is 0.368. The first-order valence-corrected chi connectivity index (χ1v) is 14.6. The lowest BCUT2D eigenvalue weighted by atomic mass is 9.46. The average molecular weight is 582 g/mol. The predicted molar refractivity (Wildman–Crippen MR) is 137 cm³/mol. The van der Waals surface area contributed by atoms with E-state index in [-0.39, 0.29) is 52.9 Å². The molecule has 14 nitrogen and oxygen atoms in total. The van der Waals surface area contributed by atoms with Gasteiger partial charge in [-0.3, -0.25) is 4.79 Å². The molecule has 42 heavy (non-hydrogen) atoms. The lowest BCUT2D eigenvalue weighted by Crippen LogP contribution is -2.70. The Morgan fingerprint density at radius 3 is 2.83 bits per heavy atom. The Bertz CT molecular complexity index is 1720. The normalized spacial score (nSPS) is 44.3. The third-order valence-corrected chi connectivity index (χ3v) is 11.5. The number of aryl methyl sites for hydroxylation is 1. The molecule has 10 unspecified atom stereocenters. The zero-order chi connectivity index (χ0) is 29.1. The number of imidazole rings is 1. The van der Waals surface area contributed by atoms with Crippen LogP contribution in [0.4, 0.5) is 0 Å². The summed E-state index contributed by atoms with van der Waals surface area (Å²) >= 11 is 0. The molecule has 2 spiro atoms. The summed E-state index contributed by atoms with van der Waals surface area (Å²) in [6, 6.07) is 0. The number of carbonyl (C=O) groups excluding carboxylic acids is 2. The smallest absolute Gasteiger partial charge is 0.352 e. The van der Waals surface area contributed by atoms with E-state index in [2.05, 4.69) is 22.2 Å². The number of hydrogen-bond donors (Lipinski definition) is 1. The van der Waals surface area contributed by atoms with Crippen molar-refractivity contribution < 1.29 is 38.4 Å². The van der Waals surface area contributed by atoms with Crippen LogP contribution >= 0.6 is 0 Å². The number of epoxide rings is 3. The molecule has 3 saturated heterocycles. The summed E-state index contributed by atoms with van der Waals surface area (Å²) in [5.74, 6) is -0.804. The van der Waals surface area contributed by atoms with Crippen molar-refractivity contribution in [1.29, 1.82) is 0 Å². The number of aromatic nitrogens is 5. The van der Waals surface area contributed by atoms with Gasteiger partial charge in [0.25, 0.3) is 0 Å². The number of aliphatic hydroxyl groups excluding tert-OH is 1. The van der Waals surface area contributed by atoms with Gasteiger partial charge in [0.1, 0.15) is 48.1 Å². The number of hydrogen-bond acceptors (Lipinski definition) is 12. The monoisotopic (exact) mass is 581 g/mol. The second kappa shape index (κ2) is 7.47. The first-order valence-electron chi connectivity index (χ1n) is 14.6. The summed E-state index contributed by atoms with van der Waals surface area (Å²) < 4.78 is 33.8. The van der Waals surface area contributed by atoms with Gasteiger partial charge in [0.05, 0.1) is 12.5 Å². The molecular weight excluding hydrogens is 550 g/mol. The fourth-order valence-corrected chi connectivity index (χ4v) is 9.41. The SMILES string of the molecule is CC(C)C12OC1C1OC13C1(C)CCC4=C(COC4=O)C1CC1OC13C2OC(=O)CC(O)c1ncn2c(=O)n(C)nnc12. The topological polar surface area (TPSA) is 176 Å². The summed E-state index contributed by atoms with van der Waals surface area (Å²) in [6.07, 6.45) is 0.0350. The van der Waals surface area contributed by atoms with Crippen molar-refractivity contribution >= 4 is 17.6 Å². The summed E-state index contributed by atoms with van der Waals surface area (Å²) in [5.41, 5.74) is -1.24. The predicted octanol–water partition coefficient (Wildman–Crippen LogP) is -0.0859. The van der Waals surface area contributed by atoms with Crippen LogP contribution in [0.5, 0.6) is 0 Å². The van der Waals surface area contributed by atoms with Crippen LogP contribution < -0.4 is 5.69 Å². The molecule has 0 aromatic carbocycles. The molecule has 14 heteroatoms. The molecule has 10 atom stereocenters. The first-order chi connectivity index (χ1) is 20.0. The highest BCUT2D eigenvalue weighted by atomic mass is 16.8. The number of rotatable bonds is 5. The van der Waals surface area contributed by atoms with Crippen molar-refractivity contribution in [2.24, 2.45) is 24.3 Å². The van der Waals surface area contributed by atoms with Crippen LogP contribution in [0, 0.1) is 17.3 Å². The molecule has 3 aliphatic carbocycles. The van der Waals surface area contributed by atoms with E-state index in [1.807, 2.05) is 13.8 Å². The van der Waals surface area contributed by atoms with Crippen molar-refractivity contribution in [2.75, 3.05) is 6.61 Å². The maximum atomic E-state index is 13.6. The number of nitrogens with zero attached hydrogens (tertiary/aromatic N) is 5. The molecule has 9 rings (SSSR count). The van der Waals surface area contributed by atoms with Gasteiger partial charge in [-0.15, -0.1) is 5.10 Å². The molecule has 0 bridgehead atoms. The molecule has 2 saturated carbocycles. The number of carbonyl (C=O) groups is 2. The van der Waals surface area contributed by atoms with Gasteiger partial charge in [0.15, 0.2) is 17.4 Å². The lowest BCUT2D eigenvalue weighted by molar-refractivity contribution is -0.171. The maximum absolute atomic E-state index is 13.6. The highest BCUT2D eigenvalue weighted by Gasteiger charge is 3.01. The molecule has 7 aliphatic rings. The van der Waals surface area contributed by atoms with Crippen molar-refractivity contribution in [3.05, 3.63) is 33.7 Å². The number of aliphatic hydroxyl groups is 1. The van der Waals surface area contributed by atoms with E-state index in [0.717, 1.165) is 26.6 Å². The Morgan fingerprint density at radius 2 is 2.05 bits per heavy atom. The molecule has 5 fully saturated rings. The summed E-state index contributed by atoms with van der Waals surface area (Å²) in [7, 11) is 1.45. The lowest BCUT2D eigenvalue weighted by Gasteiger charge is -2.53. The second-order valence-electron chi connectivity index (χ2n) is 13.4. The third kappa shape index (κ3) is 2.60. The van der Waals surface area contributed by atoms with Crippen LogP contribution in [-0.2, 0) is 40.3 Å². The standard InChI is InChI=1S/C28H31N5O9/c1-11(2)26-19(41-26)20-28(42-20)25(3)6-5-12-13(9-38-22(12)36)14(25)7-16-27(28,40-16)23(26)39-17(35)8-15(34)18-21-30-31-32(4)24(37)33(21)10-29-18/h10-11,14-16,19-20,23,34H,5-9H2,1-4H3. The number of fused-ring (bicyclic) bond motifs is 5. The molecule has 0 amide bonds. The van der Waals surface area contributed by atoms with Crippen LogP contribution in [-0.4, -0.2) is 89.2 Å². The van der Waals surface area contributed by atoms with Gasteiger partial charge < -0.3 is 28.8 Å². The van der Waals surface area contributed by atoms with E-state index in [4.69, 9.17) is 23.7 Å².